The Morgan fingerprint density at radius 1 is 0.717 bits per heavy atom. The van der Waals surface area contributed by atoms with Crippen LogP contribution in [0.1, 0.15) is 105 Å². The number of tetrazole rings is 1. The molecule has 18 atom stereocenters. The number of rotatable bonds is 16. The minimum absolute atomic E-state index is 0.0668. The van der Waals surface area contributed by atoms with Gasteiger partial charge in [0.15, 0.2) is 29.9 Å². The summed E-state index contributed by atoms with van der Waals surface area (Å²) in [4.78, 5) is 118. The van der Waals surface area contributed by atoms with Crippen LogP contribution in [0.3, 0.4) is 0 Å². The lowest BCUT2D eigenvalue weighted by Crippen LogP contribution is -2.64. The molecular weight excluding hydrogens is 1550 g/mol. The fraction of sp³-hybridized carbons (Fsp3) is 0.384. The number of amides is 7. The van der Waals surface area contributed by atoms with Crippen LogP contribution >= 0.6 is 35.0 Å². The lowest BCUT2D eigenvalue weighted by atomic mass is 9.86. The number of phenols is 4. The van der Waals surface area contributed by atoms with Gasteiger partial charge in [0.25, 0.3) is 0 Å². The molecule has 14 rings (SSSR count). The van der Waals surface area contributed by atoms with Gasteiger partial charge in [0.2, 0.25) is 58.5 Å². The number of thioether (sulfide) groups is 1. The molecule has 2 saturated heterocycles. The first kappa shape index (κ1) is 81.8. The maximum atomic E-state index is 16.2. The largest absolute Gasteiger partial charge is 0.508 e. The number of aliphatic hydroxyl groups is 5. The minimum atomic E-state index is -2.37. The molecule has 0 saturated carbocycles. The number of benzene rings is 6. The maximum Gasteiger partial charge on any atom is 0.330 e. The van der Waals surface area contributed by atoms with Crippen molar-refractivity contribution in [2.24, 2.45) is 17.4 Å². The average molecular weight is 1630 g/mol. The van der Waals surface area contributed by atoms with E-state index in [1.807, 2.05) is 13.8 Å². The number of ether oxygens (including phenoxy) is 6. The van der Waals surface area contributed by atoms with E-state index in [2.05, 4.69) is 52.7 Å². The Hall–Kier alpha value is -10.7. The number of fused-ring (bicyclic) bond motifs is 15. The van der Waals surface area contributed by atoms with Gasteiger partial charge in [-0.1, -0.05) is 67.0 Å². The first-order valence-corrected chi connectivity index (χ1v) is 36.9. The number of carboxylic acid groups (broad SMARTS) is 1. The smallest absolute Gasteiger partial charge is 0.330 e. The second-order valence-corrected chi connectivity index (χ2v) is 30.0. The molecule has 37 nitrogen and oxygen atoms in total. The quantitative estimate of drug-likeness (QED) is 0.0611. The molecule has 11 bridgehead atoms. The van der Waals surface area contributed by atoms with Crippen LogP contribution in [0.4, 0.5) is 0 Å². The fourth-order valence-corrected chi connectivity index (χ4v) is 15.1. The first-order valence-electron chi connectivity index (χ1n) is 35.1. The van der Waals surface area contributed by atoms with Crippen molar-refractivity contribution >= 4 is 82.3 Å². The SMILES string of the molecule is CN[C@@H](CC(C)C)C(=O)N[C@H]1C(=O)N[C@@H](CC(N)=O)C(=O)N[C@H]2C(=O)N[C@H]3C(=O)N[C@H](C(=O)N[C@@H](C(=O)O)c4cc(O)cc(O)c4-c4cc3ccc4O)[C@H](O)c3ccc(c(Cl)c3)Oc3cc2cc(c3OC2OC(CSc3nnnn3-c3ccc(O)cc3)C(O)C(O)C2OC2CC(C)(N)C(O)C(C)O2)Oc2ccc(cc2Cl)[C@H]1O. The molecule has 8 heterocycles. The van der Waals surface area contributed by atoms with Gasteiger partial charge in [-0.15, -0.1) is 5.10 Å². The number of nitrogens with two attached hydrogens (primary N) is 2. The molecule has 6 aromatic carbocycles. The van der Waals surface area contributed by atoms with Crippen LogP contribution in [-0.2, 0) is 52.6 Å². The van der Waals surface area contributed by atoms with Crippen LogP contribution in [0.15, 0.2) is 108 Å². The number of primary amides is 1. The highest BCUT2D eigenvalue weighted by atomic mass is 35.5. The zero-order valence-corrected chi connectivity index (χ0v) is 62.7. The van der Waals surface area contributed by atoms with Gasteiger partial charge >= 0.3 is 5.97 Å². The monoisotopic (exact) mass is 1620 g/mol. The van der Waals surface area contributed by atoms with E-state index in [4.69, 9.17) is 63.1 Å². The van der Waals surface area contributed by atoms with Gasteiger partial charge in [0, 0.05) is 40.5 Å². The van der Waals surface area contributed by atoms with Crippen molar-refractivity contribution < 1.29 is 118 Å². The van der Waals surface area contributed by atoms with Crippen molar-refractivity contribution in [3.63, 3.8) is 0 Å². The summed E-state index contributed by atoms with van der Waals surface area (Å²) in [6, 6.07) is 5.09. The number of phenolic OH excluding ortho intramolecular Hbond substituents is 4. The molecule has 113 heavy (non-hydrogen) atoms. The predicted octanol–water partition coefficient (Wildman–Crippen LogP) is 1.59. The number of aliphatic hydroxyl groups excluding tert-OH is 5. The third kappa shape index (κ3) is 17.6. The Morgan fingerprint density at radius 2 is 1.35 bits per heavy atom. The van der Waals surface area contributed by atoms with Gasteiger partial charge in [0.1, 0.15) is 89.1 Å². The Balaban J connectivity index is 1.09. The molecule has 1 aromatic heterocycles. The molecule has 0 spiro atoms. The lowest BCUT2D eigenvalue weighted by molar-refractivity contribution is -0.329. The number of aromatic nitrogens is 4. The number of aliphatic carboxylic acids is 1. The van der Waals surface area contributed by atoms with E-state index < -0.39 is 231 Å². The normalized spacial score (nSPS) is 27.5. The van der Waals surface area contributed by atoms with Gasteiger partial charge in [0.05, 0.1) is 46.5 Å². The van der Waals surface area contributed by atoms with Crippen molar-refractivity contribution in [2.75, 3.05) is 12.8 Å². The van der Waals surface area contributed by atoms with Crippen molar-refractivity contribution in [3.05, 3.63) is 141 Å². The number of carbonyl (C=O) groups excluding carboxylic acids is 7. The molecule has 7 aromatic rings. The standard InChI is InChI=1S/C73H79Cl2N13O24S/c1-27(2)16-40(78-5)64(99)83-55-57(94)30-7-14-44(38(74)18-30)108-46-20-32-21-47(61(46)112-71-62(111-50-25-73(4,77)63(98)28(3)107-50)60(97)59(96)48(110-71)26-113-72-85-86-87-88(72)33-9-11-34(89)12-10-33)109-45-15-8-31(19-39(45)75)58(95)56-69(104)82-54(70(105)106)37-22-35(90)23-43(92)51(37)36-17-29(6-13-42(36)91)52(66(101)84-56)81-67(102)53(32)80-65(100)41(24-49(76)93)79-68(55)103/h6-15,17-23,27-28,40-41,48,50,52-60,62-63,71,78,89-92,94-98H,16,24-26,77H2,1-5H3,(H2,76,93)(H,79,103)(H,80,100)(H,81,102)(H,82,104)(H,83,99)(H,84,101)(H,105,106)/t28?,40-,41-,48?,50?,52+,53+,54+,55+,56-,57+,58+,59?,60?,62?,63?,71?,73?/m0/s1. The van der Waals surface area contributed by atoms with Gasteiger partial charge in [-0.25, -0.2) is 4.79 Å². The average Bonchev–Trinajstić information content (AvgIpc) is 0.930. The predicted molar refractivity (Wildman–Crippen MR) is 394 cm³/mol. The van der Waals surface area contributed by atoms with E-state index in [9.17, 15) is 75.0 Å². The number of likely N-dealkylation sites (N-methyl/N-ethyl adjacent to an activating group) is 1. The molecule has 600 valence electrons. The van der Waals surface area contributed by atoms with Crippen molar-refractivity contribution in [1.29, 1.82) is 0 Å². The zero-order valence-electron chi connectivity index (χ0n) is 60.3. The third-order valence-electron chi connectivity index (χ3n) is 19.5. The Bertz CT molecular complexity index is 4850. The van der Waals surface area contributed by atoms with Crippen LogP contribution in [0.2, 0.25) is 10.0 Å². The number of hydrogen-bond donors (Lipinski definition) is 19. The molecule has 0 radical (unpaired) electrons. The van der Waals surface area contributed by atoms with E-state index in [1.165, 1.54) is 62.0 Å². The summed E-state index contributed by atoms with van der Waals surface area (Å²) < 4.78 is 41.0. The molecule has 7 aliphatic heterocycles. The van der Waals surface area contributed by atoms with Crippen LogP contribution in [0.5, 0.6) is 51.7 Å². The summed E-state index contributed by atoms with van der Waals surface area (Å²) in [7, 11) is 1.47. The number of hydrogen-bond acceptors (Lipinski definition) is 29. The summed E-state index contributed by atoms with van der Waals surface area (Å²) in [5, 5.41) is 144. The number of nitrogens with one attached hydrogen (secondary N) is 7. The molecule has 7 aliphatic rings. The van der Waals surface area contributed by atoms with Gasteiger partial charge in [-0.3, -0.25) is 33.6 Å². The Morgan fingerprint density at radius 3 is 1.96 bits per heavy atom. The minimum Gasteiger partial charge on any atom is -0.508 e. The number of aromatic hydroxyl groups is 4. The number of halogens is 2. The van der Waals surface area contributed by atoms with E-state index in [0.717, 1.165) is 78.5 Å². The molecule has 2 fully saturated rings. The van der Waals surface area contributed by atoms with E-state index in [-0.39, 0.29) is 62.9 Å². The maximum absolute atomic E-state index is 16.2. The van der Waals surface area contributed by atoms with Crippen LogP contribution in [0, 0.1) is 5.92 Å². The van der Waals surface area contributed by atoms with Crippen molar-refractivity contribution in [3.8, 4) is 68.6 Å². The summed E-state index contributed by atoms with van der Waals surface area (Å²) >= 11 is 15.3. The Labute approximate surface area is 655 Å². The van der Waals surface area contributed by atoms with Gasteiger partial charge in [-0.2, -0.15) is 4.68 Å². The number of carboxylic acids is 1. The van der Waals surface area contributed by atoms with Crippen LogP contribution in [0.25, 0.3) is 16.8 Å². The Kier molecular flexibility index (Phi) is 24.3. The second-order valence-electron chi connectivity index (χ2n) is 28.2. The van der Waals surface area contributed by atoms with E-state index in [0.29, 0.717) is 5.69 Å². The van der Waals surface area contributed by atoms with Gasteiger partial charge in [-0.05, 0) is 145 Å². The van der Waals surface area contributed by atoms with Gasteiger partial charge < -0.3 is 128 Å². The highest BCUT2D eigenvalue weighted by Gasteiger charge is 2.52. The summed E-state index contributed by atoms with van der Waals surface area (Å²) in [6.45, 7) is 6.65. The lowest BCUT2D eigenvalue weighted by Gasteiger charge is -2.47. The highest BCUT2D eigenvalue weighted by Crippen LogP contribution is 2.50. The third-order valence-corrected chi connectivity index (χ3v) is 21.1. The summed E-state index contributed by atoms with van der Waals surface area (Å²) in [6.07, 6.45) is -18.6. The second kappa shape index (κ2) is 33.5. The van der Waals surface area contributed by atoms with Crippen molar-refractivity contribution in [2.45, 2.75) is 161 Å². The van der Waals surface area contributed by atoms with Crippen molar-refractivity contribution in [1.82, 2.24) is 57.4 Å². The van der Waals surface area contributed by atoms with Crippen LogP contribution < -0.4 is 62.9 Å². The number of carbonyl (C=O) groups is 8. The topological polar surface area (TPSA) is 574 Å². The van der Waals surface area contributed by atoms with Crippen LogP contribution in [-0.4, -0.2) is 210 Å². The molecule has 40 heteroatoms. The molecule has 21 N–H and O–H groups in total. The van der Waals surface area contributed by atoms with E-state index in [1.54, 1.807) is 0 Å². The molecule has 7 amide bonds. The first-order chi connectivity index (χ1) is 53.6. The summed E-state index contributed by atoms with van der Waals surface area (Å²) in [5.74, 6) is -16.5. The zero-order chi connectivity index (χ0) is 81.5. The molecule has 9 unspecified atom stereocenters. The molecule has 0 aliphatic carbocycles. The highest BCUT2D eigenvalue weighted by molar-refractivity contribution is 7.99. The number of nitrogens with zero attached hydrogens (tertiary/aromatic N) is 4. The molecular formula is C73H79Cl2N13O24S. The van der Waals surface area contributed by atoms with E-state index >= 15 is 14.4 Å². The fourth-order valence-electron chi connectivity index (χ4n) is 13.7. The summed E-state index contributed by atoms with van der Waals surface area (Å²) in [5.41, 5.74) is 8.49.